The van der Waals surface area contributed by atoms with Crippen LogP contribution < -0.4 is 31.9 Å². The van der Waals surface area contributed by atoms with Crippen molar-refractivity contribution in [1.82, 2.24) is 69.6 Å². The number of piperazine rings is 3. The lowest BCUT2D eigenvalue weighted by Crippen LogP contribution is -2.48. The summed E-state index contributed by atoms with van der Waals surface area (Å²) in [6.07, 6.45) is 14.3. The second kappa shape index (κ2) is 28.1. The summed E-state index contributed by atoms with van der Waals surface area (Å²) in [5.41, 5.74) is 10.9. The van der Waals surface area contributed by atoms with E-state index < -0.39 is 0 Å². The lowest BCUT2D eigenvalue weighted by molar-refractivity contribution is 0.205. The zero-order valence-corrected chi connectivity index (χ0v) is 41.4. The van der Waals surface area contributed by atoms with Crippen LogP contribution in [0.1, 0.15) is 43.4 Å². The third-order valence-electron chi connectivity index (χ3n) is 13.2. The fraction of sp³-hybridized carbons (Fsp3) is 0.652. The predicted molar refractivity (Wildman–Crippen MR) is 274 cm³/mol. The molecule has 6 fully saturated rings. The van der Waals surface area contributed by atoms with Crippen LogP contribution in [0.4, 0.5) is 34.2 Å². The summed E-state index contributed by atoms with van der Waals surface area (Å²) in [6, 6.07) is 7.40. The Morgan fingerprint density at radius 1 is 0.529 bits per heavy atom. The number of hydrogen-bond acceptors (Lipinski definition) is 21. The van der Waals surface area contributed by atoms with Crippen LogP contribution in [0.3, 0.4) is 0 Å². The summed E-state index contributed by atoms with van der Waals surface area (Å²) in [5, 5.41) is 16.5. The highest BCUT2D eigenvalue weighted by molar-refractivity contribution is 7.16. The predicted octanol–water partition coefficient (Wildman–Crippen LogP) is 2.74. The molecule has 0 bridgehead atoms. The van der Waals surface area contributed by atoms with Crippen molar-refractivity contribution in [3.63, 3.8) is 0 Å². The molecule has 0 aromatic carbocycles. The van der Waals surface area contributed by atoms with Crippen LogP contribution in [-0.2, 0) is 0 Å². The van der Waals surface area contributed by atoms with E-state index in [9.17, 15) is 0 Å². The monoisotopic (exact) mass is 973 g/mol. The Kier molecular flexibility index (Phi) is 21.2. The van der Waals surface area contributed by atoms with Crippen molar-refractivity contribution in [2.24, 2.45) is 0 Å². The van der Waals surface area contributed by atoms with Gasteiger partial charge < -0.3 is 46.6 Å². The molecular weight excluding hydrogens is 900 g/mol. The van der Waals surface area contributed by atoms with E-state index in [4.69, 9.17) is 28.3 Å². The molecule has 6 aliphatic heterocycles. The first-order valence-electron chi connectivity index (χ1n) is 24.7. The number of rotatable bonds is 13. The van der Waals surface area contributed by atoms with Gasteiger partial charge in [-0.1, -0.05) is 22.9 Å². The summed E-state index contributed by atoms with van der Waals surface area (Å²) in [7, 11) is 0. The van der Waals surface area contributed by atoms with Crippen molar-refractivity contribution in [3.05, 3.63) is 53.4 Å². The summed E-state index contributed by atoms with van der Waals surface area (Å²) >= 11 is 6.73. The van der Waals surface area contributed by atoms with Crippen molar-refractivity contribution in [2.45, 2.75) is 38.5 Å². The number of nitrogens with two attached hydrogens (primary N) is 2. The molecule has 0 spiro atoms. The van der Waals surface area contributed by atoms with Crippen LogP contribution in [0.5, 0.6) is 0 Å². The summed E-state index contributed by atoms with van der Waals surface area (Å²) in [4.78, 5) is 49.0. The topological polar surface area (TPSA) is 216 Å². The number of thiazole rings is 1. The number of nitriles is 1. The SMILES string of the molecule is C1CCN(CCN2CCNCC2)C1.N#Cc1cnc(Nc2cc(N3CCN(CCN4CCCC4)CC3)ncn2)s1.Nc1cc(Cl)ncn1.Nc1cc(N2CCN(CCN3CCCC3)CC2)ncn1. The third-order valence-corrected chi connectivity index (χ3v) is 14.3. The van der Waals surface area contributed by atoms with E-state index in [1.807, 2.05) is 12.1 Å². The number of anilines is 6. The Balaban J connectivity index is 0.000000146. The van der Waals surface area contributed by atoms with Gasteiger partial charge in [-0.25, -0.2) is 34.9 Å². The minimum Gasteiger partial charge on any atom is -0.384 e. The second-order valence-corrected chi connectivity index (χ2v) is 19.4. The van der Waals surface area contributed by atoms with Gasteiger partial charge in [-0.15, -0.1) is 0 Å². The maximum atomic E-state index is 8.91. The van der Waals surface area contributed by atoms with E-state index in [1.165, 1.54) is 160 Å². The second-order valence-electron chi connectivity index (χ2n) is 18.0. The number of halogens is 1. The lowest BCUT2D eigenvalue weighted by atomic mass is 10.3. The van der Waals surface area contributed by atoms with Crippen LogP contribution in [0, 0.1) is 11.3 Å². The zero-order chi connectivity index (χ0) is 47.2. The van der Waals surface area contributed by atoms with Crippen molar-refractivity contribution in [1.29, 1.82) is 5.26 Å². The van der Waals surface area contributed by atoms with Crippen molar-refractivity contribution >= 4 is 57.2 Å². The average molecular weight is 974 g/mol. The highest BCUT2D eigenvalue weighted by Gasteiger charge is 2.22. The molecule has 10 rings (SSSR count). The molecule has 4 aromatic rings. The van der Waals surface area contributed by atoms with E-state index in [0.717, 1.165) is 70.5 Å². The van der Waals surface area contributed by atoms with Gasteiger partial charge in [0.15, 0.2) is 5.13 Å². The summed E-state index contributed by atoms with van der Waals surface area (Å²) < 4.78 is 0. The van der Waals surface area contributed by atoms with Gasteiger partial charge in [0, 0.05) is 136 Å². The third kappa shape index (κ3) is 17.7. The maximum Gasteiger partial charge on any atom is 0.189 e. The molecule has 22 heteroatoms. The van der Waals surface area contributed by atoms with Crippen molar-refractivity contribution in [3.8, 4) is 6.07 Å². The van der Waals surface area contributed by atoms with Gasteiger partial charge in [-0.2, -0.15) is 5.26 Å². The quantitative estimate of drug-likeness (QED) is 0.142. The van der Waals surface area contributed by atoms with E-state index in [-0.39, 0.29) is 0 Å². The Morgan fingerprint density at radius 3 is 1.38 bits per heavy atom. The number of nitrogen functional groups attached to an aromatic ring is 2. The molecule has 10 heterocycles. The molecule has 0 saturated carbocycles. The minimum atomic E-state index is 0.373. The molecule has 6 N–H and O–H groups in total. The van der Waals surface area contributed by atoms with E-state index in [0.29, 0.717) is 32.6 Å². The Hall–Kier alpha value is -4.63. The molecule has 20 nitrogen and oxygen atoms in total. The molecule has 370 valence electrons. The maximum absolute atomic E-state index is 8.91. The molecule has 0 atom stereocenters. The minimum absolute atomic E-state index is 0.373. The normalized spacial score (nSPS) is 19.9. The van der Waals surface area contributed by atoms with E-state index in [2.05, 4.69) is 90.8 Å². The standard InChI is InChI=1S/C18H24N8S.C14H24N6.C10H21N3.C4H4ClN3/c19-12-15-13-20-18(27-15)23-16-11-17(22-14-21-16)26-9-7-25(8-10-26)6-5-24-3-1-2-4-24;15-13-11-14(17-12-16-13)20-9-7-19(8-10-20)6-5-18-3-1-2-4-18;1-2-6-12(5-1)9-10-13-7-3-11-4-8-13;5-3-1-4(6)8-2-7-3/h11,13-14H,1-10H2,(H,20,21,22,23);11-12H,1-10H2,(H2,15,16,17);11H,1-10H2;1-2H,(H2,6,7,8). The molecule has 4 aromatic heterocycles. The van der Waals surface area contributed by atoms with Gasteiger partial charge in [0.05, 0.1) is 6.20 Å². The Labute approximate surface area is 412 Å². The summed E-state index contributed by atoms with van der Waals surface area (Å²) in [5.74, 6) is 3.53. The summed E-state index contributed by atoms with van der Waals surface area (Å²) in [6.45, 7) is 28.4. The lowest BCUT2D eigenvalue weighted by Gasteiger charge is -2.36. The van der Waals surface area contributed by atoms with Crippen LogP contribution in [0.15, 0.2) is 43.4 Å². The zero-order valence-electron chi connectivity index (χ0n) is 39.9. The molecule has 6 saturated heterocycles. The molecule has 6 aliphatic rings. The first-order chi connectivity index (χ1) is 33.3. The smallest absolute Gasteiger partial charge is 0.189 e. The average Bonchev–Trinajstić information content (AvgIpc) is 4.24. The molecule has 68 heavy (non-hydrogen) atoms. The number of nitrogens with zero attached hydrogens (tertiary/aromatic N) is 16. The van der Waals surface area contributed by atoms with Crippen molar-refractivity contribution in [2.75, 3.05) is 184 Å². The van der Waals surface area contributed by atoms with Gasteiger partial charge in [-0.05, 0) is 77.8 Å². The van der Waals surface area contributed by atoms with Crippen molar-refractivity contribution < 1.29 is 0 Å². The number of hydrogen-bond donors (Lipinski definition) is 4. The number of nitrogens with one attached hydrogen (secondary N) is 2. The van der Waals surface area contributed by atoms with Crippen LogP contribution >= 0.6 is 22.9 Å². The van der Waals surface area contributed by atoms with Crippen LogP contribution in [-0.4, -0.2) is 221 Å². The first-order valence-corrected chi connectivity index (χ1v) is 25.8. The fourth-order valence-electron chi connectivity index (χ4n) is 9.17. The number of aromatic nitrogens is 7. The van der Waals surface area contributed by atoms with Crippen LogP contribution in [0.25, 0.3) is 0 Å². The largest absolute Gasteiger partial charge is 0.384 e. The highest BCUT2D eigenvalue weighted by atomic mass is 35.5. The van der Waals surface area contributed by atoms with Crippen LogP contribution in [0.2, 0.25) is 5.15 Å². The molecule has 0 aliphatic carbocycles. The Morgan fingerprint density at radius 2 is 0.956 bits per heavy atom. The van der Waals surface area contributed by atoms with Gasteiger partial charge in [0.2, 0.25) is 0 Å². The van der Waals surface area contributed by atoms with Gasteiger partial charge in [-0.3, -0.25) is 14.7 Å². The highest BCUT2D eigenvalue weighted by Crippen LogP contribution is 2.23. The number of likely N-dealkylation sites (tertiary alicyclic amines) is 3. The molecule has 0 unspecified atom stereocenters. The van der Waals surface area contributed by atoms with E-state index >= 15 is 0 Å². The van der Waals surface area contributed by atoms with Gasteiger partial charge >= 0.3 is 0 Å². The van der Waals surface area contributed by atoms with E-state index in [1.54, 1.807) is 18.9 Å². The fourth-order valence-corrected chi connectivity index (χ4v) is 9.94. The molecule has 0 radical (unpaired) electrons. The molecule has 0 amide bonds. The first kappa shape index (κ1) is 51.2. The van der Waals surface area contributed by atoms with Gasteiger partial charge in [0.25, 0.3) is 0 Å². The Bertz CT molecular complexity index is 2050. The molecular formula is C46H73ClN20S. The van der Waals surface area contributed by atoms with Gasteiger partial charge in [0.1, 0.15) is 64.2 Å².